The van der Waals surface area contributed by atoms with Gasteiger partial charge in [-0.3, -0.25) is 4.79 Å². The maximum Gasteiger partial charge on any atom is 0.261 e. The van der Waals surface area contributed by atoms with Gasteiger partial charge in [0.15, 0.2) is 5.82 Å². The zero-order valence-corrected chi connectivity index (χ0v) is 17.4. The average molecular weight is 410 g/mol. The van der Waals surface area contributed by atoms with E-state index >= 15 is 0 Å². The first-order valence-corrected chi connectivity index (χ1v) is 10.1. The summed E-state index contributed by atoms with van der Waals surface area (Å²) in [5.41, 5.74) is 3.12. The average Bonchev–Trinajstić information content (AvgIpc) is 3.29. The zero-order chi connectivity index (χ0) is 20.4. The van der Waals surface area contributed by atoms with Gasteiger partial charge in [0.25, 0.3) is 5.91 Å². The number of methoxy groups -OCH3 is 2. The molecule has 7 nitrogen and oxygen atoms in total. The van der Waals surface area contributed by atoms with Gasteiger partial charge < -0.3 is 19.8 Å². The highest BCUT2D eigenvalue weighted by atomic mass is 32.1. The highest BCUT2D eigenvalue weighted by Gasteiger charge is 2.21. The van der Waals surface area contributed by atoms with Crippen LogP contribution in [-0.2, 0) is 17.8 Å². The van der Waals surface area contributed by atoms with E-state index in [-0.39, 0.29) is 12.5 Å². The van der Waals surface area contributed by atoms with Crippen molar-refractivity contribution < 1.29 is 14.3 Å². The highest BCUT2D eigenvalue weighted by molar-refractivity contribution is 7.20. The zero-order valence-electron chi connectivity index (χ0n) is 16.5. The number of nitrogens with one attached hydrogen (secondary N) is 2. The van der Waals surface area contributed by atoms with Gasteiger partial charge in [-0.2, -0.15) is 4.98 Å². The predicted molar refractivity (Wildman–Crippen MR) is 114 cm³/mol. The molecule has 0 radical (unpaired) electrons. The fourth-order valence-electron chi connectivity index (χ4n) is 3.43. The number of nitrogens with zero attached hydrogens (tertiary/aromatic N) is 2. The van der Waals surface area contributed by atoms with Crippen LogP contribution in [0.15, 0.2) is 30.5 Å². The Labute approximate surface area is 172 Å². The molecule has 4 aromatic rings. The Kier molecular flexibility index (Phi) is 5.46. The van der Waals surface area contributed by atoms with Crippen LogP contribution in [0, 0.1) is 6.92 Å². The maximum atomic E-state index is 12.8. The van der Waals surface area contributed by atoms with Crippen LogP contribution < -0.4 is 10.1 Å². The molecular weight excluding hydrogens is 388 g/mol. The van der Waals surface area contributed by atoms with Crippen LogP contribution >= 0.6 is 11.3 Å². The number of H-pyrrole nitrogens is 1. The van der Waals surface area contributed by atoms with Crippen LogP contribution in [0.5, 0.6) is 5.88 Å². The summed E-state index contributed by atoms with van der Waals surface area (Å²) in [5, 5.41) is 4.99. The fourth-order valence-corrected chi connectivity index (χ4v) is 4.54. The number of hydrogen-bond donors (Lipinski definition) is 2. The van der Waals surface area contributed by atoms with Crippen LogP contribution in [0.4, 0.5) is 0 Å². The number of carbonyl (C=O) groups is 1. The van der Waals surface area contributed by atoms with Crippen LogP contribution in [0.25, 0.3) is 21.1 Å². The van der Waals surface area contributed by atoms with E-state index in [9.17, 15) is 4.79 Å². The number of aryl methyl sites for hydroxylation is 1. The Balaban J connectivity index is 1.53. The van der Waals surface area contributed by atoms with Crippen LogP contribution in [0.1, 0.15) is 26.6 Å². The molecular formula is C21H22N4O3S. The Morgan fingerprint density at radius 1 is 1.24 bits per heavy atom. The van der Waals surface area contributed by atoms with Crippen molar-refractivity contribution >= 4 is 38.4 Å². The third kappa shape index (κ3) is 3.68. The number of ether oxygens (including phenoxy) is 2. The van der Waals surface area contributed by atoms with Gasteiger partial charge in [-0.25, -0.2) is 4.98 Å². The summed E-state index contributed by atoms with van der Waals surface area (Å²) in [5.74, 6) is 0.888. The monoisotopic (exact) mass is 410 g/mol. The first kappa shape index (κ1) is 19.4. The second kappa shape index (κ2) is 8.18. The van der Waals surface area contributed by atoms with Gasteiger partial charge in [0.2, 0.25) is 5.88 Å². The highest BCUT2D eigenvalue weighted by Crippen LogP contribution is 2.35. The first-order valence-electron chi connectivity index (χ1n) is 9.28. The van der Waals surface area contributed by atoms with Crippen molar-refractivity contribution in [3.63, 3.8) is 0 Å². The number of carbonyl (C=O) groups excluding carboxylic acids is 1. The number of benzene rings is 1. The van der Waals surface area contributed by atoms with Crippen molar-refractivity contribution in [1.82, 2.24) is 20.3 Å². The molecule has 0 saturated carbocycles. The third-order valence-corrected chi connectivity index (χ3v) is 6.02. The van der Waals surface area contributed by atoms with E-state index in [2.05, 4.69) is 26.3 Å². The number of amides is 1. The lowest BCUT2D eigenvalue weighted by Gasteiger charge is -2.05. The van der Waals surface area contributed by atoms with E-state index in [4.69, 9.17) is 9.47 Å². The Hall–Kier alpha value is -2.97. The number of hydrogen-bond acceptors (Lipinski definition) is 6. The quantitative estimate of drug-likeness (QED) is 0.486. The van der Waals surface area contributed by atoms with Gasteiger partial charge in [-0.1, -0.05) is 18.2 Å². The van der Waals surface area contributed by atoms with Gasteiger partial charge in [0.05, 0.1) is 17.4 Å². The SMILES string of the molecule is COCc1nc(OC)c2c(C)c(C(=O)NCCc3c[nH]c4ccccc34)sc2n1. The minimum atomic E-state index is -0.110. The topological polar surface area (TPSA) is 89.1 Å². The largest absolute Gasteiger partial charge is 0.480 e. The van der Waals surface area contributed by atoms with Gasteiger partial charge >= 0.3 is 0 Å². The number of para-hydroxylation sites is 1. The summed E-state index contributed by atoms with van der Waals surface area (Å²) in [6, 6.07) is 8.15. The molecule has 8 heteroatoms. The molecule has 3 heterocycles. The molecule has 0 bridgehead atoms. The Morgan fingerprint density at radius 3 is 2.86 bits per heavy atom. The minimum absolute atomic E-state index is 0.110. The van der Waals surface area contributed by atoms with E-state index in [1.807, 2.05) is 31.3 Å². The van der Waals surface area contributed by atoms with Crippen LogP contribution in [-0.4, -0.2) is 41.6 Å². The molecule has 0 unspecified atom stereocenters. The fraction of sp³-hybridized carbons (Fsp3) is 0.286. The second-order valence-corrected chi connectivity index (χ2v) is 7.68. The molecule has 0 aliphatic carbocycles. The Morgan fingerprint density at radius 2 is 2.07 bits per heavy atom. The number of rotatable bonds is 7. The van der Waals surface area contributed by atoms with E-state index in [1.54, 1.807) is 14.2 Å². The number of aromatic nitrogens is 3. The van der Waals surface area contributed by atoms with Crippen molar-refractivity contribution in [2.45, 2.75) is 20.0 Å². The van der Waals surface area contributed by atoms with Crippen LogP contribution in [0.3, 0.4) is 0 Å². The van der Waals surface area contributed by atoms with E-state index < -0.39 is 0 Å². The number of aromatic amines is 1. The molecule has 4 rings (SSSR count). The molecule has 0 atom stereocenters. The van der Waals surface area contributed by atoms with Gasteiger partial charge in [0, 0.05) is 30.8 Å². The van der Waals surface area contributed by atoms with Crippen molar-refractivity contribution in [3.8, 4) is 5.88 Å². The molecule has 0 spiro atoms. The Bertz CT molecular complexity index is 1180. The maximum absolute atomic E-state index is 12.8. The van der Waals surface area contributed by atoms with E-state index in [0.29, 0.717) is 23.1 Å². The summed E-state index contributed by atoms with van der Waals surface area (Å²) in [6.07, 6.45) is 2.75. The molecule has 1 aromatic carbocycles. The number of fused-ring (bicyclic) bond motifs is 2. The standard InChI is InChI=1S/C21H22N4O3S/c1-12-17-20(28-3)24-16(11-27-2)25-21(17)29-18(12)19(26)22-9-8-13-10-23-15-7-5-4-6-14(13)15/h4-7,10,23H,8-9,11H2,1-3H3,(H,22,26). The number of thiophene rings is 1. The molecule has 0 aliphatic rings. The lowest BCUT2D eigenvalue weighted by atomic mass is 10.1. The van der Waals surface area contributed by atoms with Crippen molar-refractivity contribution in [2.24, 2.45) is 0 Å². The van der Waals surface area contributed by atoms with Crippen molar-refractivity contribution in [3.05, 3.63) is 52.3 Å². The van der Waals surface area contributed by atoms with Crippen molar-refractivity contribution in [1.29, 1.82) is 0 Å². The second-order valence-electron chi connectivity index (χ2n) is 6.68. The summed E-state index contributed by atoms with van der Waals surface area (Å²) in [6.45, 7) is 2.73. The molecule has 3 aromatic heterocycles. The van der Waals surface area contributed by atoms with Gasteiger partial charge in [-0.15, -0.1) is 11.3 Å². The lowest BCUT2D eigenvalue weighted by molar-refractivity contribution is 0.0957. The first-order chi connectivity index (χ1) is 14.1. The van der Waals surface area contributed by atoms with Crippen molar-refractivity contribution in [2.75, 3.05) is 20.8 Å². The molecule has 0 fully saturated rings. The molecule has 29 heavy (non-hydrogen) atoms. The summed E-state index contributed by atoms with van der Waals surface area (Å²) >= 11 is 1.35. The summed E-state index contributed by atoms with van der Waals surface area (Å²) in [4.78, 5) is 26.3. The molecule has 1 amide bonds. The summed E-state index contributed by atoms with van der Waals surface area (Å²) in [7, 11) is 3.16. The lowest BCUT2D eigenvalue weighted by Crippen LogP contribution is -2.25. The molecule has 0 saturated heterocycles. The normalized spacial score (nSPS) is 11.3. The van der Waals surface area contributed by atoms with Crippen LogP contribution in [0.2, 0.25) is 0 Å². The summed E-state index contributed by atoms with van der Waals surface area (Å²) < 4.78 is 10.5. The van der Waals surface area contributed by atoms with Gasteiger partial charge in [0.1, 0.15) is 11.4 Å². The molecule has 2 N–H and O–H groups in total. The molecule has 0 aliphatic heterocycles. The predicted octanol–water partition coefficient (Wildman–Crippen LogP) is 3.61. The van der Waals surface area contributed by atoms with E-state index in [0.717, 1.165) is 27.7 Å². The van der Waals surface area contributed by atoms with Gasteiger partial charge in [-0.05, 0) is 30.5 Å². The minimum Gasteiger partial charge on any atom is -0.480 e. The van der Waals surface area contributed by atoms with E-state index in [1.165, 1.54) is 22.3 Å². The smallest absolute Gasteiger partial charge is 0.261 e. The molecule has 150 valence electrons. The third-order valence-electron chi connectivity index (χ3n) is 4.83.